The molecule has 0 unspecified atom stereocenters. The van der Waals surface area contributed by atoms with Gasteiger partial charge in [0.05, 0.1) is 12.7 Å². The van der Waals surface area contributed by atoms with Gasteiger partial charge < -0.3 is 19.7 Å². The van der Waals surface area contributed by atoms with Gasteiger partial charge in [-0.05, 0) is 38.5 Å². The Kier molecular flexibility index (Phi) is 35.0. The van der Waals surface area contributed by atoms with Crippen molar-refractivity contribution >= 4 is 11.9 Å². The summed E-state index contributed by atoms with van der Waals surface area (Å²) >= 11 is 0. The lowest BCUT2D eigenvalue weighted by Crippen LogP contribution is -2.28. The second kappa shape index (κ2) is 36.7. The molecule has 0 heterocycles. The molecule has 0 amide bonds. The number of hydrogen-bond acceptors (Lipinski definition) is 6. The lowest BCUT2D eigenvalue weighted by molar-refractivity contribution is -0.161. The first-order chi connectivity index (χ1) is 23.0. The highest BCUT2D eigenvalue weighted by Gasteiger charge is 2.16. The topological polar surface area (TPSA) is 93.1 Å². The molecule has 2 N–H and O–H groups in total. The molecule has 0 aliphatic rings. The van der Waals surface area contributed by atoms with Gasteiger partial charge in [-0.2, -0.15) is 0 Å². The van der Waals surface area contributed by atoms with Gasteiger partial charge in [-0.15, -0.1) is 0 Å². The van der Waals surface area contributed by atoms with Crippen molar-refractivity contribution in [3.05, 3.63) is 48.6 Å². The van der Waals surface area contributed by atoms with Crippen LogP contribution in [0.4, 0.5) is 0 Å². The van der Waals surface area contributed by atoms with Crippen molar-refractivity contribution in [1.29, 1.82) is 0 Å². The number of ether oxygens (including phenoxy) is 2. The Balaban J connectivity index is 3.71. The molecule has 0 aromatic heterocycles. The number of rotatable bonds is 34. The standard InChI is InChI=1S/C41H72O6/c1-3-5-7-8-9-10-11-12-13-14-17-20-23-26-30-34-40(44)46-37-39(36-42)47-41(45)35-31-27-24-21-18-15-16-19-22-25-29-33-38(43)32-28-6-4-2/h15-16,21-22,24-25,29,33,38-39,42-43H,3-14,17-20,23,26-28,30-32,34-37H2,1-2H3/b16-15-,24-21-,25-22-,33-29+/t38-,39-/m0/s1. The van der Waals surface area contributed by atoms with Gasteiger partial charge in [0.2, 0.25) is 0 Å². The van der Waals surface area contributed by atoms with Crippen LogP contribution >= 0.6 is 0 Å². The number of carbonyl (C=O) groups excluding carboxylic acids is 2. The van der Waals surface area contributed by atoms with Crippen LogP contribution < -0.4 is 0 Å². The summed E-state index contributed by atoms with van der Waals surface area (Å²) in [6, 6.07) is 0. The molecular weight excluding hydrogens is 588 g/mol. The van der Waals surface area contributed by atoms with Crippen LogP contribution in [0.2, 0.25) is 0 Å². The molecule has 0 saturated heterocycles. The van der Waals surface area contributed by atoms with E-state index in [2.05, 4.69) is 44.2 Å². The molecule has 0 bridgehead atoms. The van der Waals surface area contributed by atoms with Gasteiger partial charge in [0, 0.05) is 12.8 Å². The Morgan fingerprint density at radius 1 is 0.596 bits per heavy atom. The fourth-order valence-corrected chi connectivity index (χ4v) is 5.24. The highest BCUT2D eigenvalue weighted by molar-refractivity contribution is 5.70. The predicted octanol–water partition coefficient (Wildman–Crippen LogP) is 10.8. The van der Waals surface area contributed by atoms with Gasteiger partial charge in [0.1, 0.15) is 6.61 Å². The Morgan fingerprint density at radius 3 is 1.70 bits per heavy atom. The Labute approximate surface area is 289 Å². The molecule has 0 aromatic rings. The first kappa shape index (κ1) is 44.8. The Hall–Kier alpha value is -2.18. The number of aliphatic hydroxyl groups is 2. The summed E-state index contributed by atoms with van der Waals surface area (Å²) in [6.07, 6.45) is 42.1. The molecule has 0 aromatic carbocycles. The Morgan fingerprint density at radius 2 is 1.11 bits per heavy atom. The quantitative estimate of drug-likeness (QED) is 0.0309. The third-order valence-electron chi connectivity index (χ3n) is 8.23. The van der Waals surface area contributed by atoms with E-state index in [1.54, 1.807) is 0 Å². The average molecular weight is 661 g/mol. The van der Waals surface area contributed by atoms with E-state index >= 15 is 0 Å². The van der Waals surface area contributed by atoms with Crippen LogP contribution in [-0.4, -0.2) is 47.6 Å². The zero-order chi connectivity index (χ0) is 34.5. The number of allylic oxidation sites excluding steroid dienone is 7. The molecule has 0 saturated carbocycles. The summed E-state index contributed by atoms with van der Waals surface area (Å²) in [4.78, 5) is 24.2. The zero-order valence-electron chi connectivity index (χ0n) is 30.4. The molecule has 0 aliphatic heterocycles. The minimum absolute atomic E-state index is 0.0987. The monoisotopic (exact) mass is 661 g/mol. The molecule has 0 aliphatic carbocycles. The van der Waals surface area contributed by atoms with Crippen molar-refractivity contribution in [2.45, 2.75) is 187 Å². The molecule has 0 radical (unpaired) electrons. The van der Waals surface area contributed by atoms with Gasteiger partial charge in [0.15, 0.2) is 6.10 Å². The highest BCUT2D eigenvalue weighted by Crippen LogP contribution is 2.14. The van der Waals surface area contributed by atoms with E-state index in [0.29, 0.717) is 12.8 Å². The molecule has 2 atom stereocenters. The fraction of sp³-hybridized carbons (Fsp3) is 0.756. The van der Waals surface area contributed by atoms with E-state index in [1.807, 2.05) is 18.2 Å². The van der Waals surface area contributed by atoms with Crippen molar-refractivity contribution in [3.8, 4) is 0 Å². The zero-order valence-corrected chi connectivity index (χ0v) is 30.4. The maximum absolute atomic E-state index is 12.1. The summed E-state index contributed by atoms with van der Waals surface area (Å²) in [5.74, 6) is -0.681. The molecule has 0 fully saturated rings. The third-order valence-corrected chi connectivity index (χ3v) is 8.23. The van der Waals surface area contributed by atoms with Crippen molar-refractivity contribution in [2.75, 3.05) is 13.2 Å². The van der Waals surface area contributed by atoms with Gasteiger partial charge in [0.25, 0.3) is 0 Å². The second-order valence-corrected chi connectivity index (χ2v) is 12.9. The minimum atomic E-state index is -0.811. The van der Waals surface area contributed by atoms with Crippen molar-refractivity contribution < 1.29 is 29.3 Å². The molecule has 47 heavy (non-hydrogen) atoms. The van der Waals surface area contributed by atoms with Crippen LogP contribution in [0.3, 0.4) is 0 Å². The van der Waals surface area contributed by atoms with Crippen molar-refractivity contribution in [1.82, 2.24) is 0 Å². The summed E-state index contributed by atoms with van der Waals surface area (Å²) in [5.41, 5.74) is 0. The smallest absolute Gasteiger partial charge is 0.306 e. The summed E-state index contributed by atoms with van der Waals surface area (Å²) < 4.78 is 10.5. The van der Waals surface area contributed by atoms with E-state index in [9.17, 15) is 19.8 Å². The minimum Gasteiger partial charge on any atom is -0.462 e. The first-order valence-electron chi connectivity index (χ1n) is 19.3. The van der Waals surface area contributed by atoms with Crippen LogP contribution in [-0.2, 0) is 19.1 Å². The van der Waals surface area contributed by atoms with E-state index < -0.39 is 6.10 Å². The van der Waals surface area contributed by atoms with Crippen molar-refractivity contribution in [2.24, 2.45) is 0 Å². The molecular formula is C41H72O6. The number of hydrogen-bond donors (Lipinski definition) is 2. The number of aliphatic hydroxyl groups excluding tert-OH is 2. The first-order valence-corrected chi connectivity index (χ1v) is 19.3. The fourth-order valence-electron chi connectivity index (χ4n) is 5.24. The van der Waals surface area contributed by atoms with E-state index in [-0.39, 0.29) is 37.7 Å². The lowest BCUT2D eigenvalue weighted by Gasteiger charge is -2.15. The van der Waals surface area contributed by atoms with E-state index in [4.69, 9.17) is 9.47 Å². The average Bonchev–Trinajstić information content (AvgIpc) is 3.07. The van der Waals surface area contributed by atoms with Gasteiger partial charge in [-0.1, -0.05) is 172 Å². The number of unbranched alkanes of at least 4 members (excludes halogenated alkanes) is 17. The summed E-state index contributed by atoms with van der Waals surface area (Å²) in [5, 5.41) is 19.4. The lowest BCUT2D eigenvalue weighted by atomic mass is 10.0. The van der Waals surface area contributed by atoms with Gasteiger partial charge >= 0.3 is 11.9 Å². The normalized spacial score (nSPS) is 13.4. The molecule has 6 nitrogen and oxygen atoms in total. The van der Waals surface area contributed by atoms with Crippen LogP contribution in [0.5, 0.6) is 0 Å². The maximum Gasteiger partial charge on any atom is 0.306 e. The predicted molar refractivity (Wildman–Crippen MR) is 197 cm³/mol. The molecule has 0 rings (SSSR count). The van der Waals surface area contributed by atoms with Gasteiger partial charge in [-0.3, -0.25) is 9.59 Å². The number of esters is 2. The van der Waals surface area contributed by atoms with Gasteiger partial charge in [-0.25, -0.2) is 0 Å². The molecule has 0 spiro atoms. The van der Waals surface area contributed by atoms with Crippen LogP contribution in [0.15, 0.2) is 48.6 Å². The largest absolute Gasteiger partial charge is 0.462 e. The van der Waals surface area contributed by atoms with Crippen LogP contribution in [0.25, 0.3) is 0 Å². The van der Waals surface area contributed by atoms with Crippen molar-refractivity contribution in [3.63, 3.8) is 0 Å². The Bertz CT molecular complexity index is 815. The SMILES string of the molecule is CCCCCCCCCCCCCCCCCC(=O)OC[C@H](CO)OC(=O)CCC/C=C\C/C=C\C/C=C\C=C\[C@@H](O)CCCCC. The summed E-state index contributed by atoms with van der Waals surface area (Å²) in [6.45, 7) is 3.96. The number of carbonyl (C=O) groups is 2. The van der Waals surface area contributed by atoms with E-state index in [0.717, 1.165) is 57.8 Å². The molecule has 6 heteroatoms. The van der Waals surface area contributed by atoms with E-state index in [1.165, 1.54) is 83.5 Å². The maximum atomic E-state index is 12.1. The van der Waals surface area contributed by atoms with Crippen LogP contribution in [0.1, 0.15) is 174 Å². The molecule has 272 valence electrons. The summed E-state index contributed by atoms with van der Waals surface area (Å²) in [7, 11) is 0. The third kappa shape index (κ3) is 35.0. The second-order valence-electron chi connectivity index (χ2n) is 12.9. The highest BCUT2D eigenvalue weighted by atomic mass is 16.6. The van der Waals surface area contributed by atoms with Crippen LogP contribution in [0, 0.1) is 0 Å².